The van der Waals surface area contributed by atoms with Crippen molar-refractivity contribution in [2.24, 2.45) is 0 Å². The molecule has 1 heterocycles. The van der Waals surface area contributed by atoms with E-state index in [9.17, 15) is 40.2 Å². The minimum absolute atomic E-state index is 0.210. The van der Waals surface area contributed by atoms with Gasteiger partial charge in [0.25, 0.3) is 0 Å². The van der Waals surface area contributed by atoms with Gasteiger partial charge in [-0.3, -0.25) is 0 Å². The summed E-state index contributed by atoms with van der Waals surface area (Å²) in [6, 6.07) is 10.6. The summed E-state index contributed by atoms with van der Waals surface area (Å²) in [7, 11) is 0. The third-order valence-corrected chi connectivity index (χ3v) is 5.91. The molecule has 182 valence electrons. The second kappa shape index (κ2) is 9.31. The fraction of sp³-hybridized carbons (Fsp3) is 0.400. The van der Waals surface area contributed by atoms with Crippen LogP contribution < -0.4 is 0 Å². The topological polar surface area (TPSA) is 34.4 Å². The number of hydrogen-bond donors (Lipinski definition) is 1. The molecule has 0 unspecified atom stereocenters. The highest BCUT2D eigenvalue weighted by Crippen LogP contribution is 2.48. The predicted octanol–water partition coefficient (Wildman–Crippen LogP) is 6.87. The maximum atomic E-state index is 13.6. The molecule has 0 aliphatic rings. The zero-order valence-corrected chi connectivity index (χ0v) is 19.5. The van der Waals surface area contributed by atoms with Crippen molar-refractivity contribution in [2.45, 2.75) is 36.8 Å². The third-order valence-electron chi connectivity index (χ3n) is 4.93. The Kier molecular flexibility index (Phi) is 7.38. The highest BCUT2D eigenvalue weighted by Gasteiger charge is 2.75. The Bertz CT molecular complexity index is 1090. The van der Waals surface area contributed by atoms with Gasteiger partial charge in [0, 0.05) is 30.8 Å². The quantitative estimate of drug-likeness (QED) is 0.268. The van der Waals surface area contributed by atoms with Gasteiger partial charge in [-0.1, -0.05) is 31.9 Å². The maximum Gasteiger partial charge on any atom is 0.380 e. The van der Waals surface area contributed by atoms with Crippen molar-refractivity contribution in [1.29, 1.82) is 0 Å². The van der Waals surface area contributed by atoms with Crippen LogP contribution in [0.1, 0.15) is 0 Å². The van der Waals surface area contributed by atoms with E-state index in [1.54, 1.807) is 28.8 Å². The molecule has 3 aromatic rings. The summed E-state index contributed by atoms with van der Waals surface area (Å²) < 4.78 is 112. The van der Waals surface area contributed by atoms with Crippen molar-refractivity contribution in [3.05, 3.63) is 45.3 Å². The Morgan fingerprint density at radius 1 is 0.879 bits per heavy atom. The Labute approximate surface area is 198 Å². The van der Waals surface area contributed by atoms with Crippen LogP contribution in [0.3, 0.4) is 0 Å². The smallest absolute Gasteiger partial charge is 0.380 e. The zero-order chi connectivity index (χ0) is 24.8. The predicted molar refractivity (Wildman–Crippen MR) is 113 cm³/mol. The van der Waals surface area contributed by atoms with E-state index in [1.807, 2.05) is 12.1 Å². The average molecular weight is 613 g/mol. The molecule has 1 N–H and O–H groups in total. The molecule has 2 aromatic carbocycles. The van der Waals surface area contributed by atoms with Gasteiger partial charge < -0.3 is 14.4 Å². The van der Waals surface area contributed by atoms with Crippen LogP contribution in [0, 0.1) is 0 Å². The first-order valence-corrected chi connectivity index (χ1v) is 10.8. The highest BCUT2D eigenvalue weighted by molar-refractivity contribution is 9.10. The molecular weight excluding hydrogens is 598 g/mol. The van der Waals surface area contributed by atoms with Gasteiger partial charge in [0.1, 0.15) is 6.61 Å². The number of alkyl halides is 8. The summed E-state index contributed by atoms with van der Waals surface area (Å²) in [4.78, 5) is 0. The zero-order valence-electron chi connectivity index (χ0n) is 16.3. The lowest BCUT2D eigenvalue weighted by atomic mass is 10.1. The van der Waals surface area contributed by atoms with Crippen LogP contribution in [0.4, 0.5) is 35.1 Å². The van der Waals surface area contributed by atoms with Crippen LogP contribution in [0.15, 0.2) is 45.3 Å². The maximum absolute atomic E-state index is 13.6. The lowest BCUT2D eigenvalue weighted by Crippen LogP contribution is -2.59. The molecular formula is C20H15Br2F8NO2. The molecule has 3 nitrogen and oxygen atoms in total. The molecule has 0 saturated heterocycles. The summed E-state index contributed by atoms with van der Waals surface area (Å²) in [5.41, 5.74) is 1.33. The van der Waals surface area contributed by atoms with E-state index in [0.717, 1.165) is 19.7 Å². The van der Waals surface area contributed by atoms with Crippen molar-refractivity contribution in [3.8, 4) is 0 Å². The lowest BCUT2D eigenvalue weighted by molar-refractivity contribution is -0.346. The molecule has 3 rings (SSSR count). The van der Waals surface area contributed by atoms with Gasteiger partial charge >= 0.3 is 24.2 Å². The van der Waals surface area contributed by atoms with Crippen molar-refractivity contribution in [2.75, 3.05) is 13.2 Å². The normalized spacial score (nSPS) is 14.5. The molecule has 0 radical (unpaired) electrons. The van der Waals surface area contributed by atoms with Crippen LogP contribution in [0.5, 0.6) is 0 Å². The molecule has 0 aliphatic carbocycles. The number of hydrogen-bond acceptors (Lipinski definition) is 2. The van der Waals surface area contributed by atoms with Crippen LogP contribution >= 0.6 is 31.9 Å². The summed E-state index contributed by atoms with van der Waals surface area (Å²) >= 11 is 6.73. The van der Waals surface area contributed by atoms with Crippen LogP contribution in [0.2, 0.25) is 0 Å². The lowest BCUT2D eigenvalue weighted by Gasteiger charge is -2.32. The van der Waals surface area contributed by atoms with E-state index in [-0.39, 0.29) is 6.54 Å². The van der Waals surface area contributed by atoms with Gasteiger partial charge in [-0.15, -0.1) is 0 Å². The molecule has 1 aromatic heterocycles. The molecule has 0 bridgehead atoms. The number of fused-ring (bicyclic) bond motifs is 3. The molecule has 0 spiro atoms. The van der Waals surface area contributed by atoms with E-state index in [4.69, 9.17) is 0 Å². The van der Waals surface area contributed by atoms with Crippen molar-refractivity contribution < 1.29 is 45.0 Å². The van der Waals surface area contributed by atoms with Gasteiger partial charge in [0.15, 0.2) is 0 Å². The molecule has 0 amide bonds. The van der Waals surface area contributed by atoms with Crippen molar-refractivity contribution >= 4 is 53.7 Å². The number of aromatic nitrogens is 1. The van der Waals surface area contributed by atoms with Crippen molar-refractivity contribution in [1.82, 2.24) is 4.57 Å². The molecule has 33 heavy (non-hydrogen) atoms. The minimum atomic E-state index is -6.35. The van der Waals surface area contributed by atoms with E-state index in [2.05, 4.69) is 36.6 Å². The first kappa shape index (κ1) is 26.2. The van der Waals surface area contributed by atoms with E-state index in [1.165, 1.54) is 0 Å². The van der Waals surface area contributed by atoms with Gasteiger partial charge in [-0.2, -0.15) is 26.3 Å². The highest BCUT2D eigenvalue weighted by atomic mass is 79.9. The van der Waals surface area contributed by atoms with Crippen LogP contribution in [-0.2, 0) is 11.3 Å². The SMILES string of the molecule is O[C@@H](COCC(F)(F)C(F)(F)C(F)(F)C(F)F)Cn1c2ccc(Br)cc2c2cc(Br)ccc21. The number of benzene rings is 2. The van der Waals surface area contributed by atoms with E-state index >= 15 is 0 Å². The summed E-state index contributed by atoms with van der Waals surface area (Å²) in [5, 5.41) is 11.8. The molecule has 1 atom stereocenters. The number of aliphatic hydroxyl groups excluding tert-OH is 1. The fourth-order valence-corrected chi connectivity index (χ4v) is 4.03. The van der Waals surface area contributed by atoms with E-state index in [0.29, 0.717) is 11.0 Å². The molecule has 0 fully saturated rings. The van der Waals surface area contributed by atoms with E-state index < -0.39 is 43.5 Å². The second-order valence-corrected chi connectivity index (χ2v) is 9.14. The largest absolute Gasteiger partial charge is 0.389 e. The van der Waals surface area contributed by atoms with Gasteiger partial charge in [-0.05, 0) is 36.4 Å². The van der Waals surface area contributed by atoms with Gasteiger partial charge in [0.2, 0.25) is 0 Å². The Morgan fingerprint density at radius 2 is 1.36 bits per heavy atom. The number of nitrogens with zero attached hydrogens (tertiary/aromatic N) is 1. The summed E-state index contributed by atoms with van der Waals surface area (Å²) in [6.45, 7) is -3.43. The van der Waals surface area contributed by atoms with Crippen molar-refractivity contribution in [3.63, 3.8) is 0 Å². The number of halogens is 10. The first-order chi connectivity index (χ1) is 15.2. The Balaban J connectivity index is 1.76. The fourth-order valence-electron chi connectivity index (χ4n) is 3.30. The molecule has 0 aliphatic heterocycles. The third kappa shape index (κ3) is 4.87. The Hall–Kier alpha value is -1.44. The summed E-state index contributed by atoms with van der Waals surface area (Å²) in [5.74, 6) is -18.2. The van der Waals surface area contributed by atoms with Crippen LogP contribution in [0.25, 0.3) is 21.8 Å². The number of aliphatic hydroxyl groups is 1. The standard InChI is InChI=1S/C20H15Br2F8NO2/c21-10-1-3-15-13(5-10)14-6-11(22)2-4-16(14)31(15)7-12(32)8-33-9-18(25,26)20(29,30)19(27,28)17(23)24/h1-6,12,17,32H,7-9H2/t12-/m1/s1. The average Bonchev–Trinajstić information content (AvgIpc) is 2.99. The van der Waals surface area contributed by atoms with Gasteiger partial charge in [0.05, 0.1) is 19.3 Å². The van der Waals surface area contributed by atoms with Crippen LogP contribution in [-0.4, -0.2) is 53.2 Å². The number of rotatable bonds is 9. The monoisotopic (exact) mass is 611 g/mol. The van der Waals surface area contributed by atoms with Gasteiger partial charge in [-0.25, -0.2) is 8.78 Å². The molecule has 13 heteroatoms. The summed E-state index contributed by atoms with van der Waals surface area (Å²) in [6.07, 6.45) is -6.50. The Morgan fingerprint density at radius 3 is 1.82 bits per heavy atom. The first-order valence-electron chi connectivity index (χ1n) is 9.23. The second-order valence-electron chi connectivity index (χ2n) is 7.31. The minimum Gasteiger partial charge on any atom is -0.389 e. The number of ether oxygens (including phenoxy) is 1. The molecule has 0 saturated carbocycles.